The van der Waals surface area contributed by atoms with Gasteiger partial charge < -0.3 is 9.64 Å². The van der Waals surface area contributed by atoms with E-state index >= 15 is 0 Å². The summed E-state index contributed by atoms with van der Waals surface area (Å²) in [5.74, 6) is -1.18. The minimum Gasteiger partial charge on any atom is -0.415 e. The van der Waals surface area contributed by atoms with E-state index in [0.29, 0.717) is 6.07 Å². The van der Waals surface area contributed by atoms with Crippen LogP contribution in [0.4, 0.5) is 24.7 Å². The third kappa shape index (κ3) is 4.23. The lowest BCUT2D eigenvalue weighted by atomic mass is 10.4. The summed E-state index contributed by atoms with van der Waals surface area (Å²) >= 11 is 0. The van der Waals surface area contributed by atoms with Crippen LogP contribution in [-0.2, 0) is 23.1 Å². The molecule has 2 aromatic rings. The molecule has 15 heteroatoms. The van der Waals surface area contributed by atoms with Gasteiger partial charge in [0.05, 0.1) is 10.2 Å². The maximum absolute atomic E-state index is 12.8. The molecule has 0 amide bonds. The molecule has 0 bridgehead atoms. The molecule has 0 aliphatic carbocycles. The Morgan fingerprint density at radius 2 is 2.03 bits per heavy atom. The third-order valence-electron chi connectivity index (χ3n) is 4.33. The Labute approximate surface area is 162 Å². The molecule has 158 valence electrons. The van der Waals surface area contributed by atoms with Gasteiger partial charge in [-0.2, -0.15) is 23.3 Å². The van der Waals surface area contributed by atoms with E-state index in [1.807, 2.05) is 0 Å². The topological polar surface area (TPSA) is 133 Å². The first-order chi connectivity index (χ1) is 13.4. The predicted molar refractivity (Wildman–Crippen MR) is 92.4 cm³/mol. The summed E-state index contributed by atoms with van der Waals surface area (Å²) in [6.45, 7) is 0.180. The number of alkyl halides is 3. The Morgan fingerprint density at radius 1 is 1.34 bits per heavy atom. The monoisotopic (exact) mass is 436 g/mol. The third-order valence-corrected chi connectivity index (χ3v) is 5.93. The van der Waals surface area contributed by atoms with Crippen LogP contribution in [0.25, 0.3) is 0 Å². The van der Waals surface area contributed by atoms with Crippen LogP contribution < -0.4 is 9.64 Å². The lowest BCUT2D eigenvalue weighted by molar-refractivity contribution is -0.385. The SMILES string of the molecule is Cn1nc(C(F)(F)F)cc1Oc1ncnc(N2CCC(S(C)(=O)=O)C2)c1[N+](=O)[O-]. The second kappa shape index (κ2) is 7.13. The second-order valence-electron chi connectivity index (χ2n) is 6.39. The van der Waals surface area contributed by atoms with E-state index < -0.39 is 49.3 Å². The maximum atomic E-state index is 12.8. The van der Waals surface area contributed by atoms with Gasteiger partial charge in [-0.05, 0) is 6.42 Å². The van der Waals surface area contributed by atoms with Crippen molar-refractivity contribution in [3.05, 3.63) is 28.2 Å². The number of aryl methyl sites for hydroxylation is 1. The summed E-state index contributed by atoms with van der Waals surface area (Å²) in [7, 11) is -2.18. The largest absolute Gasteiger partial charge is 0.435 e. The molecule has 11 nitrogen and oxygen atoms in total. The van der Waals surface area contributed by atoms with Crippen molar-refractivity contribution in [2.75, 3.05) is 24.2 Å². The van der Waals surface area contributed by atoms with Crippen molar-refractivity contribution in [3.63, 3.8) is 0 Å². The molecule has 1 unspecified atom stereocenters. The van der Waals surface area contributed by atoms with Crippen LogP contribution in [-0.4, -0.2) is 57.7 Å². The molecule has 1 fully saturated rings. The van der Waals surface area contributed by atoms with Crippen LogP contribution in [0, 0.1) is 10.1 Å². The van der Waals surface area contributed by atoms with Gasteiger partial charge in [0.2, 0.25) is 11.7 Å². The van der Waals surface area contributed by atoms with Gasteiger partial charge in [-0.15, -0.1) is 0 Å². The Hall–Kier alpha value is -2.97. The predicted octanol–water partition coefficient (Wildman–Crippen LogP) is 1.55. The lowest BCUT2D eigenvalue weighted by Crippen LogP contribution is -2.27. The number of halogens is 3. The van der Waals surface area contributed by atoms with Crippen molar-refractivity contribution < 1.29 is 31.2 Å². The quantitative estimate of drug-likeness (QED) is 0.505. The molecule has 1 atom stereocenters. The number of nitro groups is 1. The number of sulfone groups is 1. The standard InChI is InChI=1S/C14H15F3N6O5S/c1-21-10(5-9(20-21)14(15,16)17)28-13-11(23(24)25)12(18-7-19-13)22-4-3-8(6-22)29(2,26)27/h5,7-8H,3-4,6H2,1-2H3. The molecule has 0 spiro atoms. The summed E-state index contributed by atoms with van der Waals surface area (Å²) < 4.78 is 67.9. The van der Waals surface area contributed by atoms with Crippen LogP contribution in [0.2, 0.25) is 0 Å². The van der Waals surface area contributed by atoms with Gasteiger partial charge in [0.15, 0.2) is 15.5 Å². The van der Waals surface area contributed by atoms with Crippen LogP contribution in [0.15, 0.2) is 12.4 Å². The summed E-state index contributed by atoms with van der Waals surface area (Å²) in [5, 5.41) is 14.2. The van der Waals surface area contributed by atoms with Gasteiger partial charge in [-0.25, -0.2) is 18.1 Å². The van der Waals surface area contributed by atoms with E-state index in [2.05, 4.69) is 15.1 Å². The molecule has 0 N–H and O–H groups in total. The molecule has 3 heterocycles. The highest BCUT2D eigenvalue weighted by atomic mass is 32.2. The summed E-state index contributed by atoms with van der Waals surface area (Å²) in [5.41, 5.74) is -1.92. The average molecular weight is 436 g/mol. The molecular formula is C14H15F3N6O5S. The Morgan fingerprint density at radius 3 is 2.55 bits per heavy atom. The molecule has 0 saturated carbocycles. The van der Waals surface area contributed by atoms with E-state index in [9.17, 15) is 31.7 Å². The number of anilines is 1. The fourth-order valence-electron chi connectivity index (χ4n) is 2.87. The van der Waals surface area contributed by atoms with Crippen molar-refractivity contribution in [1.82, 2.24) is 19.7 Å². The van der Waals surface area contributed by atoms with Crippen molar-refractivity contribution in [3.8, 4) is 11.8 Å². The lowest BCUT2D eigenvalue weighted by Gasteiger charge is -2.17. The van der Waals surface area contributed by atoms with Gasteiger partial charge in [0, 0.05) is 32.5 Å². The maximum Gasteiger partial charge on any atom is 0.435 e. The van der Waals surface area contributed by atoms with Crippen molar-refractivity contribution in [1.29, 1.82) is 0 Å². The normalized spacial score (nSPS) is 17.6. The highest BCUT2D eigenvalue weighted by Gasteiger charge is 2.38. The number of hydrogen-bond donors (Lipinski definition) is 0. The highest BCUT2D eigenvalue weighted by Crippen LogP contribution is 2.38. The zero-order chi connectivity index (χ0) is 21.6. The minimum atomic E-state index is -4.72. The molecule has 1 aliphatic rings. The molecule has 3 rings (SSSR count). The summed E-state index contributed by atoms with van der Waals surface area (Å²) in [4.78, 5) is 19.7. The van der Waals surface area contributed by atoms with Gasteiger partial charge in [0.25, 0.3) is 0 Å². The van der Waals surface area contributed by atoms with Gasteiger partial charge in [0.1, 0.15) is 6.33 Å². The Balaban J connectivity index is 1.97. The minimum absolute atomic E-state index is 0.0138. The smallest absolute Gasteiger partial charge is 0.415 e. The second-order valence-corrected chi connectivity index (χ2v) is 8.71. The number of rotatable bonds is 5. The highest BCUT2D eigenvalue weighted by molar-refractivity contribution is 7.91. The average Bonchev–Trinajstić information content (AvgIpc) is 3.21. The van der Waals surface area contributed by atoms with Crippen LogP contribution in [0.5, 0.6) is 11.8 Å². The molecule has 0 radical (unpaired) electrons. The fourth-order valence-corrected chi connectivity index (χ4v) is 3.86. The Kier molecular flexibility index (Phi) is 5.10. The fraction of sp³-hybridized carbons (Fsp3) is 0.500. The van der Waals surface area contributed by atoms with Crippen LogP contribution in [0.3, 0.4) is 0 Å². The van der Waals surface area contributed by atoms with Gasteiger partial charge in [-0.1, -0.05) is 0 Å². The molecule has 2 aromatic heterocycles. The number of nitrogens with zero attached hydrogens (tertiary/aromatic N) is 6. The number of ether oxygens (including phenoxy) is 1. The van der Waals surface area contributed by atoms with E-state index in [-0.39, 0.29) is 25.3 Å². The number of aromatic nitrogens is 4. The molecular weight excluding hydrogens is 421 g/mol. The van der Waals surface area contributed by atoms with E-state index in [4.69, 9.17) is 4.74 Å². The first kappa shape index (κ1) is 20.8. The van der Waals surface area contributed by atoms with E-state index in [1.54, 1.807) is 0 Å². The van der Waals surface area contributed by atoms with Crippen LogP contribution in [0.1, 0.15) is 12.1 Å². The van der Waals surface area contributed by atoms with Crippen molar-refractivity contribution in [2.24, 2.45) is 7.05 Å². The molecule has 0 aromatic carbocycles. The van der Waals surface area contributed by atoms with Gasteiger partial charge in [-0.3, -0.25) is 10.1 Å². The van der Waals surface area contributed by atoms with Crippen molar-refractivity contribution >= 4 is 21.3 Å². The first-order valence-electron chi connectivity index (χ1n) is 8.10. The first-order valence-corrected chi connectivity index (χ1v) is 10.1. The zero-order valence-corrected chi connectivity index (χ0v) is 15.9. The number of hydrogen-bond acceptors (Lipinski definition) is 9. The summed E-state index contributed by atoms with van der Waals surface area (Å²) in [6, 6.07) is 0.584. The molecule has 29 heavy (non-hydrogen) atoms. The Bertz CT molecular complexity index is 1050. The zero-order valence-electron chi connectivity index (χ0n) is 15.1. The van der Waals surface area contributed by atoms with Crippen LogP contribution >= 0.6 is 0 Å². The van der Waals surface area contributed by atoms with Gasteiger partial charge >= 0.3 is 17.7 Å². The summed E-state index contributed by atoms with van der Waals surface area (Å²) in [6.07, 6.45) is -2.44. The molecule has 1 aliphatic heterocycles. The van der Waals surface area contributed by atoms with E-state index in [1.165, 1.54) is 11.9 Å². The molecule has 1 saturated heterocycles. The van der Waals surface area contributed by atoms with Crippen molar-refractivity contribution in [2.45, 2.75) is 17.8 Å². The van der Waals surface area contributed by atoms with E-state index in [0.717, 1.165) is 17.3 Å².